The molecule has 4 rings (SSSR count). The predicted octanol–water partition coefficient (Wildman–Crippen LogP) is 4.18. The van der Waals surface area contributed by atoms with E-state index in [4.69, 9.17) is 9.15 Å². The number of hydrogen-bond acceptors (Lipinski definition) is 7. The van der Waals surface area contributed by atoms with Gasteiger partial charge in [0.25, 0.3) is 0 Å². The number of carbonyl (C=O) groups excluding carboxylic acids is 1. The largest absolute Gasteiger partial charge is 0.462 e. The zero-order valence-corrected chi connectivity index (χ0v) is 18.8. The first-order chi connectivity index (χ1) is 15.9. The molecule has 1 atom stereocenters. The average Bonchev–Trinajstić information content (AvgIpc) is 3.50. The highest BCUT2D eigenvalue weighted by atomic mass is 32.2. The van der Waals surface area contributed by atoms with Gasteiger partial charge in [-0.1, -0.05) is 42.5 Å². The van der Waals surface area contributed by atoms with E-state index in [1.807, 2.05) is 0 Å². The van der Waals surface area contributed by atoms with E-state index in [9.17, 15) is 17.6 Å². The van der Waals surface area contributed by atoms with E-state index in [1.54, 1.807) is 47.8 Å². The number of sulfonamides is 1. The normalized spacial score (nSPS) is 12.4. The lowest BCUT2D eigenvalue weighted by Gasteiger charge is -2.18. The third-order valence-corrected chi connectivity index (χ3v) is 7.05. The maximum absolute atomic E-state index is 14.1. The van der Waals surface area contributed by atoms with Crippen LogP contribution in [-0.2, 0) is 32.6 Å². The van der Waals surface area contributed by atoms with Gasteiger partial charge in [-0.25, -0.2) is 17.8 Å². The van der Waals surface area contributed by atoms with Gasteiger partial charge in [0.15, 0.2) is 10.8 Å². The second kappa shape index (κ2) is 10.1. The van der Waals surface area contributed by atoms with E-state index < -0.39 is 32.7 Å². The molecule has 2 aromatic carbocycles. The maximum Gasteiger partial charge on any atom is 0.324 e. The van der Waals surface area contributed by atoms with Crippen molar-refractivity contribution in [1.29, 1.82) is 0 Å². The van der Waals surface area contributed by atoms with Crippen LogP contribution >= 0.6 is 11.3 Å². The van der Waals surface area contributed by atoms with E-state index in [0.29, 0.717) is 22.0 Å². The Morgan fingerprint density at radius 1 is 1.09 bits per heavy atom. The van der Waals surface area contributed by atoms with Gasteiger partial charge in [0, 0.05) is 5.38 Å². The summed E-state index contributed by atoms with van der Waals surface area (Å²) in [5, 5.41) is 2.35. The Kier molecular flexibility index (Phi) is 6.97. The van der Waals surface area contributed by atoms with Crippen LogP contribution in [0.15, 0.2) is 87.7 Å². The molecule has 2 heterocycles. The number of rotatable bonds is 9. The monoisotopic (exact) mass is 486 g/mol. The van der Waals surface area contributed by atoms with Crippen molar-refractivity contribution >= 4 is 27.3 Å². The van der Waals surface area contributed by atoms with Crippen molar-refractivity contribution in [3.63, 3.8) is 0 Å². The standard InChI is InChI=1S/C23H19FN2O5S2/c24-18-9-4-5-11-21(18)33(28,29)26-19(13-16-7-2-1-3-8-16)23(27)31-14-17-15-32-22(25-17)20-10-6-12-30-20/h1-12,15,19,26H,13-14H2/t19-/m0/s1. The summed E-state index contributed by atoms with van der Waals surface area (Å²) in [5.41, 5.74) is 1.21. The van der Waals surface area contributed by atoms with Gasteiger partial charge < -0.3 is 9.15 Å². The lowest BCUT2D eigenvalue weighted by molar-refractivity contribution is -0.147. The fourth-order valence-corrected chi connectivity index (χ4v) is 5.10. The first-order valence-corrected chi connectivity index (χ1v) is 12.2. The zero-order valence-electron chi connectivity index (χ0n) is 17.2. The summed E-state index contributed by atoms with van der Waals surface area (Å²) in [7, 11) is -4.32. The van der Waals surface area contributed by atoms with Gasteiger partial charge >= 0.3 is 5.97 Å². The lowest BCUT2D eigenvalue weighted by Crippen LogP contribution is -2.43. The van der Waals surface area contributed by atoms with Crippen molar-refractivity contribution in [3.05, 3.63) is 95.4 Å². The van der Waals surface area contributed by atoms with Crippen molar-refractivity contribution in [2.75, 3.05) is 0 Å². The summed E-state index contributed by atoms with van der Waals surface area (Å²) >= 11 is 1.33. The topological polar surface area (TPSA) is 98.5 Å². The molecule has 0 fully saturated rings. The average molecular weight is 487 g/mol. The predicted molar refractivity (Wildman–Crippen MR) is 120 cm³/mol. The Hall–Kier alpha value is -3.34. The fraction of sp³-hybridized carbons (Fsp3) is 0.130. The van der Waals surface area contributed by atoms with Gasteiger partial charge in [0.05, 0.1) is 12.0 Å². The molecule has 0 saturated heterocycles. The Morgan fingerprint density at radius 2 is 1.85 bits per heavy atom. The Bertz CT molecular complexity index is 1320. The molecular formula is C23H19FN2O5S2. The summed E-state index contributed by atoms with van der Waals surface area (Å²) in [4.78, 5) is 16.7. The highest BCUT2D eigenvalue weighted by Crippen LogP contribution is 2.24. The van der Waals surface area contributed by atoms with Crippen molar-refractivity contribution in [3.8, 4) is 10.8 Å². The molecule has 0 aliphatic heterocycles. The van der Waals surface area contributed by atoms with Gasteiger partial charge in [0.2, 0.25) is 10.0 Å². The van der Waals surface area contributed by atoms with Crippen molar-refractivity contribution in [1.82, 2.24) is 9.71 Å². The first kappa shape index (κ1) is 22.8. The van der Waals surface area contributed by atoms with Crippen LogP contribution in [0, 0.1) is 5.82 Å². The second-order valence-corrected chi connectivity index (χ2v) is 9.56. The first-order valence-electron chi connectivity index (χ1n) is 9.88. The van der Waals surface area contributed by atoms with Crippen LogP contribution in [0.3, 0.4) is 0 Å². The summed E-state index contributed by atoms with van der Waals surface area (Å²) in [6.45, 7) is -0.150. The van der Waals surface area contributed by atoms with Crippen LogP contribution in [-0.4, -0.2) is 25.4 Å². The van der Waals surface area contributed by atoms with Crippen LogP contribution in [0.25, 0.3) is 10.8 Å². The molecule has 0 radical (unpaired) electrons. The summed E-state index contributed by atoms with van der Waals surface area (Å²) in [6.07, 6.45) is 1.56. The van der Waals surface area contributed by atoms with Gasteiger partial charge in [0.1, 0.15) is 23.4 Å². The molecule has 0 spiro atoms. The van der Waals surface area contributed by atoms with Crippen molar-refractivity contribution < 1.29 is 26.8 Å². The van der Waals surface area contributed by atoms with Crippen LogP contribution < -0.4 is 4.72 Å². The number of esters is 1. The third kappa shape index (κ3) is 5.72. The molecule has 4 aromatic rings. The molecule has 0 saturated carbocycles. The van der Waals surface area contributed by atoms with Gasteiger partial charge in [-0.15, -0.1) is 11.3 Å². The summed E-state index contributed by atoms with van der Waals surface area (Å²) < 4.78 is 52.6. The number of aromatic nitrogens is 1. The van der Waals surface area contributed by atoms with Crippen LogP contribution in [0.2, 0.25) is 0 Å². The number of carbonyl (C=O) groups is 1. The van der Waals surface area contributed by atoms with E-state index in [-0.39, 0.29) is 13.0 Å². The number of benzene rings is 2. The minimum atomic E-state index is -4.32. The van der Waals surface area contributed by atoms with E-state index >= 15 is 0 Å². The van der Waals surface area contributed by atoms with Crippen LogP contribution in [0.5, 0.6) is 0 Å². The van der Waals surface area contributed by atoms with E-state index in [1.165, 1.54) is 29.7 Å². The van der Waals surface area contributed by atoms with Crippen LogP contribution in [0.1, 0.15) is 11.3 Å². The minimum absolute atomic E-state index is 0.0298. The molecule has 1 N–H and O–H groups in total. The molecular weight excluding hydrogens is 467 g/mol. The molecule has 33 heavy (non-hydrogen) atoms. The van der Waals surface area contributed by atoms with Crippen molar-refractivity contribution in [2.45, 2.75) is 24.0 Å². The number of thiazole rings is 1. The van der Waals surface area contributed by atoms with Gasteiger partial charge in [-0.2, -0.15) is 4.72 Å². The third-order valence-electron chi connectivity index (χ3n) is 4.64. The molecule has 0 aliphatic carbocycles. The molecule has 7 nitrogen and oxygen atoms in total. The highest BCUT2D eigenvalue weighted by molar-refractivity contribution is 7.89. The van der Waals surface area contributed by atoms with Gasteiger partial charge in [-0.05, 0) is 36.2 Å². The molecule has 2 aromatic heterocycles. The smallest absolute Gasteiger partial charge is 0.324 e. The number of furan rings is 1. The van der Waals surface area contributed by atoms with Gasteiger partial charge in [-0.3, -0.25) is 4.79 Å². The SMILES string of the molecule is O=C(OCc1csc(-c2ccco2)n1)[C@H](Cc1ccccc1)NS(=O)(=O)c1ccccc1F. The fourth-order valence-electron chi connectivity index (χ4n) is 3.07. The van der Waals surface area contributed by atoms with E-state index in [0.717, 1.165) is 12.1 Å². The molecule has 170 valence electrons. The number of halogens is 1. The number of hydrogen-bond donors (Lipinski definition) is 1. The molecule has 0 unspecified atom stereocenters. The Morgan fingerprint density at radius 3 is 2.58 bits per heavy atom. The molecule has 0 aliphatic rings. The number of nitrogens with one attached hydrogen (secondary N) is 1. The maximum atomic E-state index is 14.1. The minimum Gasteiger partial charge on any atom is -0.462 e. The van der Waals surface area contributed by atoms with Crippen molar-refractivity contribution in [2.24, 2.45) is 0 Å². The van der Waals surface area contributed by atoms with E-state index in [2.05, 4.69) is 9.71 Å². The summed E-state index contributed by atoms with van der Waals surface area (Å²) in [6, 6.07) is 16.1. The quantitative estimate of drug-likeness (QED) is 0.357. The Labute approximate surface area is 193 Å². The lowest BCUT2D eigenvalue weighted by atomic mass is 10.1. The second-order valence-electron chi connectivity index (χ2n) is 7.02. The highest BCUT2D eigenvalue weighted by Gasteiger charge is 2.29. The molecule has 0 bridgehead atoms. The molecule has 0 amide bonds. The van der Waals surface area contributed by atoms with Crippen LogP contribution in [0.4, 0.5) is 4.39 Å². The zero-order chi connectivity index (χ0) is 23.3. The number of ether oxygens (including phenoxy) is 1. The molecule has 10 heteroatoms. The Balaban J connectivity index is 1.50. The summed E-state index contributed by atoms with van der Waals surface area (Å²) in [5.74, 6) is -1.12. The number of nitrogens with zero attached hydrogens (tertiary/aromatic N) is 1.